The zero-order valence-electron chi connectivity index (χ0n) is 9.25. The lowest BCUT2D eigenvalue weighted by Gasteiger charge is -2.37. The molecule has 1 unspecified atom stereocenters. The lowest BCUT2D eigenvalue weighted by atomic mass is 9.91. The van der Waals surface area contributed by atoms with Crippen molar-refractivity contribution in [1.29, 1.82) is 0 Å². The third-order valence-electron chi connectivity index (χ3n) is 2.92. The molecule has 4 nitrogen and oxygen atoms in total. The van der Waals surface area contributed by atoms with Crippen LogP contribution in [-0.2, 0) is 9.53 Å². The normalized spacial score (nSPS) is 23.3. The summed E-state index contributed by atoms with van der Waals surface area (Å²) < 4.78 is 4.99. The molecule has 4 heteroatoms. The Bertz CT molecular complexity index is 206. The predicted molar refractivity (Wildman–Crippen MR) is 54.9 cm³/mol. The summed E-state index contributed by atoms with van der Waals surface area (Å²) in [7, 11) is 1.56. The van der Waals surface area contributed by atoms with Crippen molar-refractivity contribution in [1.82, 2.24) is 4.90 Å². The van der Waals surface area contributed by atoms with Gasteiger partial charge in [-0.1, -0.05) is 0 Å². The second-order valence-corrected chi connectivity index (χ2v) is 4.36. The van der Waals surface area contributed by atoms with Crippen LogP contribution in [0.5, 0.6) is 0 Å². The highest BCUT2D eigenvalue weighted by Gasteiger charge is 2.29. The molecule has 0 saturated carbocycles. The van der Waals surface area contributed by atoms with Crippen molar-refractivity contribution >= 4 is 5.91 Å². The van der Waals surface area contributed by atoms with E-state index in [1.54, 1.807) is 14.0 Å². The van der Waals surface area contributed by atoms with Crippen LogP contribution in [0.1, 0.15) is 26.7 Å². The Hall–Kier alpha value is -0.610. The van der Waals surface area contributed by atoms with Gasteiger partial charge in [-0.2, -0.15) is 0 Å². The molecule has 0 aliphatic carbocycles. The van der Waals surface area contributed by atoms with E-state index in [9.17, 15) is 4.79 Å². The number of rotatable bonds is 2. The number of piperidine rings is 1. The van der Waals surface area contributed by atoms with Gasteiger partial charge < -0.3 is 15.4 Å². The van der Waals surface area contributed by atoms with E-state index in [0.29, 0.717) is 0 Å². The molecule has 0 aromatic rings. The van der Waals surface area contributed by atoms with Gasteiger partial charge in [-0.25, -0.2) is 0 Å². The molecule has 82 valence electrons. The molecule has 0 aromatic carbocycles. The van der Waals surface area contributed by atoms with Crippen LogP contribution in [0.15, 0.2) is 0 Å². The maximum Gasteiger partial charge on any atom is 0.251 e. The monoisotopic (exact) mass is 200 g/mol. The maximum absolute atomic E-state index is 11.7. The summed E-state index contributed by atoms with van der Waals surface area (Å²) in [5.74, 6) is 0.0722. The van der Waals surface area contributed by atoms with Gasteiger partial charge in [-0.05, 0) is 26.7 Å². The average Bonchev–Trinajstić information content (AvgIpc) is 2.15. The number of likely N-dealkylation sites (tertiary alicyclic amines) is 1. The molecular weight excluding hydrogens is 180 g/mol. The van der Waals surface area contributed by atoms with E-state index in [1.165, 1.54) is 0 Å². The van der Waals surface area contributed by atoms with Crippen molar-refractivity contribution in [3.05, 3.63) is 0 Å². The van der Waals surface area contributed by atoms with E-state index in [1.807, 2.05) is 11.8 Å². The molecule has 2 N–H and O–H groups in total. The third kappa shape index (κ3) is 2.69. The lowest BCUT2D eigenvalue weighted by molar-refractivity contribution is -0.142. The summed E-state index contributed by atoms with van der Waals surface area (Å²) in [5.41, 5.74) is 5.88. The second-order valence-electron chi connectivity index (χ2n) is 4.36. The molecule has 1 aliphatic heterocycles. The maximum atomic E-state index is 11.7. The number of amides is 1. The first-order valence-electron chi connectivity index (χ1n) is 5.07. The fourth-order valence-corrected chi connectivity index (χ4v) is 1.60. The smallest absolute Gasteiger partial charge is 0.251 e. The first-order valence-corrected chi connectivity index (χ1v) is 5.07. The predicted octanol–water partition coefficient (Wildman–Crippen LogP) is 0.361. The number of ether oxygens (including phenoxy) is 1. The molecule has 0 spiro atoms. The first kappa shape index (κ1) is 11.5. The Kier molecular flexibility index (Phi) is 3.50. The molecule has 1 amide bonds. The third-order valence-corrected chi connectivity index (χ3v) is 2.92. The average molecular weight is 200 g/mol. The van der Waals surface area contributed by atoms with Gasteiger partial charge in [0, 0.05) is 25.7 Å². The van der Waals surface area contributed by atoms with Gasteiger partial charge in [0.15, 0.2) is 0 Å². The quantitative estimate of drug-likeness (QED) is 0.700. The van der Waals surface area contributed by atoms with Gasteiger partial charge in [0.1, 0.15) is 6.10 Å². The van der Waals surface area contributed by atoms with E-state index in [4.69, 9.17) is 10.5 Å². The van der Waals surface area contributed by atoms with E-state index in [-0.39, 0.29) is 17.6 Å². The number of hydrogen-bond acceptors (Lipinski definition) is 3. The fourth-order valence-electron chi connectivity index (χ4n) is 1.60. The van der Waals surface area contributed by atoms with E-state index >= 15 is 0 Å². The molecule has 1 heterocycles. The van der Waals surface area contributed by atoms with Crippen LogP contribution >= 0.6 is 0 Å². The molecule has 14 heavy (non-hydrogen) atoms. The summed E-state index contributed by atoms with van der Waals surface area (Å²) in [5, 5.41) is 0. The van der Waals surface area contributed by atoms with Gasteiger partial charge in [0.25, 0.3) is 5.91 Å². The van der Waals surface area contributed by atoms with Crippen molar-refractivity contribution in [2.45, 2.75) is 38.3 Å². The highest BCUT2D eigenvalue weighted by atomic mass is 16.5. The van der Waals surface area contributed by atoms with Crippen molar-refractivity contribution in [2.75, 3.05) is 20.2 Å². The number of methoxy groups -OCH3 is 1. The molecule has 1 fully saturated rings. The van der Waals surface area contributed by atoms with Crippen molar-refractivity contribution in [3.63, 3.8) is 0 Å². The summed E-state index contributed by atoms with van der Waals surface area (Å²) in [6, 6.07) is 0. The second kappa shape index (κ2) is 4.28. The Morgan fingerprint density at radius 3 is 2.43 bits per heavy atom. The topological polar surface area (TPSA) is 55.6 Å². The van der Waals surface area contributed by atoms with E-state index in [0.717, 1.165) is 25.9 Å². The Balaban J connectivity index is 2.46. The SMILES string of the molecule is COC(C)C(=O)N1CCC(C)(N)CC1. The minimum absolute atomic E-state index is 0.0722. The Morgan fingerprint density at radius 1 is 1.50 bits per heavy atom. The largest absolute Gasteiger partial charge is 0.372 e. The standard InChI is InChI=1S/C10H20N2O2/c1-8(14-3)9(13)12-6-4-10(2,11)5-7-12/h8H,4-7,11H2,1-3H3. The van der Waals surface area contributed by atoms with Gasteiger partial charge >= 0.3 is 0 Å². The van der Waals surface area contributed by atoms with Crippen molar-refractivity contribution in [3.8, 4) is 0 Å². The molecule has 0 aromatic heterocycles. The molecule has 1 aliphatic rings. The van der Waals surface area contributed by atoms with Crippen LogP contribution in [0.2, 0.25) is 0 Å². The Morgan fingerprint density at radius 2 is 2.00 bits per heavy atom. The molecule has 1 saturated heterocycles. The molecule has 0 radical (unpaired) electrons. The van der Waals surface area contributed by atoms with Crippen molar-refractivity contribution < 1.29 is 9.53 Å². The van der Waals surface area contributed by atoms with Crippen LogP contribution in [0.4, 0.5) is 0 Å². The van der Waals surface area contributed by atoms with Crippen LogP contribution in [0.3, 0.4) is 0 Å². The molecule has 0 bridgehead atoms. The van der Waals surface area contributed by atoms with Crippen LogP contribution in [0, 0.1) is 0 Å². The van der Waals surface area contributed by atoms with Gasteiger partial charge in [-0.3, -0.25) is 4.79 Å². The van der Waals surface area contributed by atoms with Gasteiger partial charge in [0.05, 0.1) is 0 Å². The first-order chi connectivity index (χ1) is 6.46. The Labute approximate surface area is 85.4 Å². The highest BCUT2D eigenvalue weighted by molar-refractivity contribution is 5.80. The summed E-state index contributed by atoms with van der Waals surface area (Å²) >= 11 is 0. The fraction of sp³-hybridized carbons (Fsp3) is 0.900. The molecule has 1 atom stereocenters. The zero-order valence-corrected chi connectivity index (χ0v) is 9.25. The minimum atomic E-state index is -0.336. The number of carbonyl (C=O) groups is 1. The lowest BCUT2D eigenvalue weighted by Crippen LogP contribution is -2.51. The van der Waals surface area contributed by atoms with Gasteiger partial charge in [-0.15, -0.1) is 0 Å². The van der Waals surface area contributed by atoms with Crippen LogP contribution in [0.25, 0.3) is 0 Å². The molecule has 1 rings (SSSR count). The van der Waals surface area contributed by atoms with Crippen LogP contribution in [-0.4, -0.2) is 42.6 Å². The van der Waals surface area contributed by atoms with E-state index < -0.39 is 0 Å². The van der Waals surface area contributed by atoms with Gasteiger partial charge in [0.2, 0.25) is 0 Å². The summed E-state index contributed by atoms with van der Waals surface area (Å²) in [6.07, 6.45) is 1.40. The minimum Gasteiger partial charge on any atom is -0.372 e. The van der Waals surface area contributed by atoms with Crippen molar-refractivity contribution in [2.24, 2.45) is 5.73 Å². The number of nitrogens with zero attached hydrogens (tertiary/aromatic N) is 1. The molecular formula is C10H20N2O2. The zero-order chi connectivity index (χ0) is 10.8. The van der Waals surface area contributed by atoms with Crippen LogP contribution < -0.4 is 5.73 Å². The number of hydrogen-bond donors (Lipinski definition) is 1. The van der Waals surface area contributed by atoms with E-state index in [2.05, 4.69) is 0 Å². The summed E-state index contributed by atoms with van der Waals surface area (Å²) in [6.45, 7) is 5.31. The number of carbonyl (C=O) groups excluding carboxylic acids is 1. The highest BCUT2D eigenvalue weighted by Crippen LogP contribution is 2.19. The summed E-state index contributed by atoms with van der Waals surface area (Å²) in [4.78, 5) is 13.5. The number of nitrogens with two attached hydrogens (primary N) is 1.